The normalized spacial score (nSPS) is 19.6. The van der Waals surface area contributed by atoms with Crippen LogP contribution in [0.1, 0.15) is 66.9 Å². The van der Waals surface area contributed by atoms with Crippen molar-refractivity contribution in [3.63, 3.8) is 0 Å². The van der Waals surface area contributed by atoms with Crippen molar-refractivity contribution in [3.8, 4) is 0 Å². The predicted molar refractivity (Wildman–Crippen MR) is 111 cm³/mol. The van der Waals surface area contributed by atoms with Gasteiger partial charge in [-0.25, -0.2) is 9.97 Å². The molecule has 2 aromatic heterocycles. The van der Waals surface area contributed by atoms with Gasteiger partial charge in [0.05, 0.1) is 23.3 Å². The second-order valence-corrected chi connectivity index (χ2v) is 8.05. The second kappa shape index (κ2) is 7.51. The highest BCUT2D eigenvalue weighted by molar-refractivity contribution is 5.92. The summed E-state index contributed by atoms with van der Waals surface area (Å²) in [5, 5.41) is 0.611. The zero-order valence-electron chi connectivity index (χ0n) is 16.6. The molecule has 1 saturated heterocycles. The molecular weight excluding hydrogens is 382 g/mol. The number of para-hydroxylation sites is 1. The van der Waals surface area contributed by atoms with E-state index in [1.54, 1.807) is 4.90 Å². The highest BCUT2D eigenvalue weighted by Gasteiger charge is 2.36. The van der Waals surface area contributed by atoms with Gasteiger partial charge in [0.25, 0.3) is 17.0 Å². The summed E-state index contributed by atoms with van der Waals surface area (Å²) in [6, 6.07) is 8.41. The number of aromatic nitrogens is 4. The van der Waals surface area contributed by atoms with Crippen molar-refractivity contribution < 1.29 is 4.79 Å². The molecule has 1 aliphatic carbocycles. The van der Waals surface area contributed by atoms with Crippen LogP contribution in [0, 0.1) is 0 Å². The minimum atomic E-state index is -0.365. The third-order valence-corrected chi connectivity index (χ3v) is 6.23. The van der Waals surface area contributed by atoms with Crippen LogP contribution in [0.2, 0.25) is 0 Å². The molecule has 1 saturated carbocycles. The van der Waals surface area contributed by atoms with E-state index in [0.29, 0.717) is 23.3 Å². The Morgan fingerprint density at radius 1 is 1.07 bits per heavy atom. The van der Waals surface area contributed by atoms with E-state index in [1.165, 1.54) is 12.4 Å². The van der Waals surface area contributed by atoms with Crippen molar-refractivity contribution in [3.05, 3.63) is 68.9 Å². The summed E-state index contributed by atoms with van der Waals surface area (Å²) in [4.78, 5) is 51.3. The fourth-order valence-corrected chi connectivity index (χ4v) is 4.82. The molecular formula is C22H23N5O3. The number of H-pyrrole nitrogens is 1. The fourth-order valence-electron chi connectivity index (χ4n) is 4.82. The maximum absolute atomic E-state index is 13.4. The Labute approximate surface area is 172 Å². The first-order valence-corrected chi connectivity index (χ1v) is 10.5. The van der Waals surface area contributed by atoms with Crippen LogP contribution in [0.15, 0.2) is 46.2 Å². The largest absolute Gasteiger partial charge is 0.327 e. The molecule has 154 valence electrons. The number of rotatable bonds is 3. The summed E-state index contributed by atoms with van der Waals surface area (Å²) in [5.41, 5.74) is 0.369. The van der Waals surface area contributed by atoms with Crippen molar-refractivity contribution >= 4 is 16.8 Å². The highest BCUT2D eigenvalue weighted by atomic mass is 16.2. The summed E-state index contributed by atoms with van der Waals surface area (Å²) in [6.07, 6.45) is 6.86. The molecule has 1 N–H and O–H groups in total. The molecule has 1 atom stereocenters. The third kappa shape index (κ3) is 3.12. The SMILES string of the molecule is O=C(c1cc(=O)[nH]cn1)N1CCCC1c1nc2ccccc2c(=O)n1C1CCCC1. The third-order valence-electron chi connectivity index (χ3n) is 6.23. The maximum atomic E-state index is 13.4. The number of nitrogens with zero attached hydrogens (tertiary/aromatic N) is 4. The van der Waals surface area contributed by atoms with Gasteiger partial charge in [-0.2, -0.15) is 0 Å². The van der Waals surface area contributed by atoms with Crippen LogP contribution in [0.25, 0.3) is 10.9 Å². The van der Waals surface area contributed by atoms with Crippen LogP contribution in [0.5, 0.6) is 0 Å². The summed E-state index contributed by atoms with van der Waals surface area (Å²) in [7, 11) is 0. The van der Waals surface area contributed by atoms with Gasteiger partial charge < -0.3 is 9.88 Å². The lowest BCUT2D eigenvalue weighted by molar-refractivity contribution is 0.0718. The number of likely N-dealkylation sites (tertiary alicyclic amines) is 1. The van der Waals surface area contributed by atoms with Crippen molar-refractivity contribution in [2.45, 2.75) is 50.6 Å². The lowest BCUT2D eigenvalue weighted by Crippen LogP contribution is -2.37. The first kappa shape index (κ1) is 18.7. The van der Waals surface area contributed by atoms with Crippen molar-refractivity contribution in [1.29, 1.82) is 0 Å². The van der Waals surface area contributed by atoms with Crippen LogP contribution < -0.4 is 11.1 Å². The topological polar surface area (TPSA) is 101 Å². The molecule has 3 heterocycles. The second-order valence-electron chi connectivity index (χ2n) is 8.05. The monoisotopic (exact) mass is 405 g/mol. The van der Waals surface area contributed by atoms with Gasteiger partial charge >= 0.3 is 0 Å². The van der Waals surface area contributed by atoms with E-state index in [2.05, 4.69) is 9.97 Å². The molecule has 1 amide bonds. The van der Waals surface area contributed by atoms with Gasteiger partial charge in [0.2, 0.25) is 0 Å². The molecule has 8 heteroatoms. The molecule has 1 aromatic carbocycles. The number of hydrogen-bond acceptors (Lipinski definition) is 5. The molecule has 1 unspecified atom stereocenters. The number of carbonyl (C=O) groups is 1. The van der Waals surface area contributed by atoms with Gasteiger partial charge in [-0.15, -0.1) is 0 Å². The van der Waals surface area contributed by atoms with Gasteiger partial charge in [0, 0.05) is 18.7 Å². The zero-order chi connectivity index (χ0) is 20.7. The average Bonchev–Trinajstić information content (AvgIpc) is 3.45. The summed E-state index contributed by atoms with van der Waals surface area (Å²) in [6.45, 7) is 0.547. The highest BCUT2D eigenvalue weighted by Crippen LogP contribution is 2.36. The molecule has 0 radical (unpaired) electrons. The van der Waals surface area contributed by atoms with Gasteiger partial charge in [-0.05, 0) is 37.8 Å². The molecule has 8 nitrogen and oxygen atoms in total. The molecule has 1 aliphatic heterocycles. The van der Waals surface area contributed by atoms with E-state index >= 15 is 0 Å². The van der Waals surface area contributed by atoms with Crippen LogP contribution in [0.4, 0.5) is 0 Å². The van der Waals surface area contributed by atoms with E-state index in [0.717, 1.165) is 38.5 Å². The number of amides is 1. The molecule has 0 spiro atoms. The molecule has 2 aliphatic rings. The lowest BCUT2D eigenvalue weighted by Gasteiger charge is -2.28. The zero-order valence-corrected chi connectivity index (χ0v) is 16.6. The predicted octanol–water partition coefficient (Wildman–Crippen LogP) is 2.57. The Hall–Kier alpha value is -3.29. The molecule has 30 heavy (non-hydrogen) atoms. The standard InChI is InChI=1S/C22H23N5O3/c28-19-12-17(23-13-24-19)22(30)26-11-5-10-18(26)20-25-16-9-4-3-8-15(16)21(29)27(20)14-6-1-2-7-14/h3-4,8-9,12-14,18H,1-2,5-7,10-11H2,(H,23,24,28). The summed E-state index contributed by atoms with van der Waals surface area (Å²) >= 11 is 0. The first-order chi connectivity index (χ1) is 14.6. The van der Waals surface area contributed by atoms with E-state index < -0.39 is 0 Å². The minimum absolute atomic E-state index is 0.0314. The lowest BCUT2D eigenvalue weighted by atomic mass is 10.1. The van der Waals surface area contributed by atoms with E-state index in [1.807, 2.05) is 28.8 Å². The molecule has 5 rings (SSSR count). The van der Waals surface area contributed by atoms with Crippen LogP contribution in [-0.4, -0.2) is 36.9 Å². The smallest absolute Gasteiger partial charge is 0.273 e. The van der Waals surface area contributed by atoms with Crippen molar-refractivity contribution in [2.24, 2.45) is 0 Å². The van der Waals surface area contributed by atoms with Crippen LogP contribution >= 0.6 is 0 Å². The number of carbonyl (C=O) groups excluding carboxylic acids is 1. The van der Waals surface area contributed by atoms with Gasteiger partial charge in [0.15, 0.2) is 0 Å². The van der Waals surface area contributed by atoms with Crippen LogP contribution in [0.3, 0.4) is 0 Å². The molecule has 0 bridgehead atoms. The fraction of sp³-hybridized carbons (Fsp3) is 0.409. The number of nitrogens with one attached hydrogen (secondary N) is 1. The Bertz CT molecular complexity index is 1230. The Morgan fingerprint density at radius 3 is 2.67 bits per heavy atom. The Kier molecular flexibility index (Phi) is 4.69. The summed E-state index contributed by atoms with van der Waals surface area (Å²) in [5.74, 6) is 0.352. The quantitative estimate of drug-likeness (QED) is 0.722. The van der Waals surface area contributed by atoms with Gasteiger partial charge in [-0.3, -0.25) is 19.0 Å². The van der Waals surface area contributed by atoms with Crippen molar-refractivity contribution in [2.75, 3.05) is 6.54 Å². The van der Waals surface area contributed by atoms with E-state index in [4.69, 9.17) is 4.98 Å². The number of aromatic amines is 1. The maximum Gasteiger partial charge on any atom is 0.273 e. The van der Waals surface area contributed by atoms with Gasteiger partial charge in [0.1, 0.15) is 11.5 Å². The molecule has 2 fully saturated rings. The molecule has 3 aromatic rings. The Balaban J connectivity index is 1.64. The van der Waals surface area contributed by atoms with E-state index in [-0.39, 0.29) is 34.8 Å². The number of benzene rings is 1. The minimum Gasteiger partial charge on any atom is -0.327 e. The first-order valence-electron chi connectivity index (χ1n) is 10.5. The van der Waals surface area contributed by atoms with Gasteiger partial charge in [-0.1, -0.05) is 25.0 Å². The Morgan fingerprint density at radius 2 is 1.87 bits per heavy atom. The summed E-state index contributed by atoms with van der Waals surface area (Å²) < 4.78 is 1.84. The van der Waals surface area contributed by atoms with Crippen LogP contribution in [-0.2, 0) is 0 Å². The van der Waals surface area contributed by atoms with E-state index in [9.17, 15) is 14.4 Å². The van der Waals surface area contributed by atoms with Crippen molar-refractivity contribution in [1.82, 2.24) is 24.4 Å². The number of fused-ring (bicyclic) bond motifs is 1. The average molecular weight is 405 g/mol. The number of hydrogen-bond donors (Lipinski definition) is 1.